The van der Waals surface area contributed by atoms with Crippen LogP contribution in [0.5, 0.6) is 17.2 Å². The molecule has 5 heteroatoms. The van der Waals surface area contributed by atoms with Gasteiger partial charge in [0.2, 0.25) is 0 Å². The van der Waals surface area contributed by atoms with Crippen molar-refractivity contribution in [1.82, 2.24) is 4.90 Å². The zero-order valence-corrected chi connectivity index (χ0v) is 24.7. The summed E-state index contributed by atoms with van der Waals surface area (Å²) in [7, 11) is 3.88. The molecule has 0 saturated carbocycles. The van der Waals surface area contributed by atoms with E-state index in [1.807, 2.05) is 18.2 Å². The minimum Gasteiger partial charge on any atom is -0.508 e. The predicted molar refractivity (Wildman–Crippen MR) is 166 cm³/mol. The van der Waals surface area contributed by atoms with E-state index in [4.69, 9.17) is 9.47 Å². The molecule has 214 valence electrons. The van der Waals surface area contributed by atoms with Crippen molar-refractivity contribution in [1.29, 1.82) is 0 Å². The molecule has 3 aromatic carbocycles. The van der Waals surface area contributed by atoms with Crippen LogP contribution in [0.3, 0.4) is 0 Å². The monoisotopic (exact) mass is 542 g/mol. The van der Waals surface area contributed by atoms with Crippen LogP contribution in [0.2, 0.25) is 0 Å². The first kappa shape index (κ1) is 30.9. The van der Waals surface area contributed by atoms with E-state index in [1.54, 1.807) is 13.2 Å². The zero-order valence-electron chi connectivity index (χ0n) is 24.7. The number of fused-ring (bicyclic) bond motifs is 1. The second kappa shape index (κ2) is 15.8. The molecule has 1 aliphatic carbocycles. The normalized spacial score (nSPS) is 16.8. The van der Waals surface area contributed by atoms with E-state index in [9.17, 15) is 5.11 Å². The van der Waals surface area contributed by atoms with E-state index in [2.05, 4.69) is 86.0 Å². The Morgan fingerprint density at radius 2 is 1.65 bits per heavy atom. The third-order valence-electron chi connectivity index (χ3n) is 7.73. The number of rotatable bonds is 7. The van der Waals surface area contributed by atoms with Crippen molar-refractivity contribution in [2.45, 2.75) is 58.6 Å². The smallest absolute Gasteiger partial charge is 0.120 e. The van der Waals surface area contributed by atoms with Crippen molar-refractivity contribution < 1.29 is 14.6 Å². The van der Waals surface area contributed by atoms with Crippen molar-refractivity contribution in [3.8, 4) is 30.1 Å². The zero-order chi connectivity index (χ0) is 28.9. The molecule has 1 saturated heterocycles. The molecule has 5 rings (SSSR count). The average Bonchev–Trinajstić information content (AvgIpc) is 2.99. The van der Waals surface area contributed by atoms with Gasteiger partial charge < -0.3 is 24.4 Å². The van der Waals surface area contributed by atoms with Crippen molar-refractivity contribution in [3.63, 3.8) is 0 Å². The summed E-state index contributed by atoms with van der Waals surface area (Å²) >= 11 is 0. The van der Waals surface area contributed by atoms with E-state index in [1.165, 1.54) is 35.2 Å². The van der Waals surface area contributed by atoms with Gasteiger partial charge in [-0.3, -0.25) is 0 Å². The number of phenols is 1. The van der Waals surface area contributed by atoms with Crippen molar-refractivity contribution in [2.24, 2.45) is 5.92 Å². The first-order valence-electron chi connectivity index (χ1n) is 14.4. The summed E-state index contributed by atoms with van der Waals surface area (Å²) in [6.07, 6.45) is 14.1. The second-order valence-corrected chi connectivity index (χ2v) is 10.8. The lowest BCUT2D eigenvalue weighted by molar-refractivity contribution is 0.114. The van der Waals surface area contributed by atoms with E-state index >= 15 is 0 Å². The van der Waals surface area contributed by atoms with Crippen LogP contribution in [0.4, 0.5) is 5.69 Å². The van der Waals surface area contributed by atoms with Crippen LogP contribution < -0.4 is 14.4 Å². The first-order chi connectivity index (χ1) is 19.4. The summed E-state index contributed by atoms with van der Waals surface area (Å²) in [5.74, 6) is 3.08. The molecule has 1 fully saturated rings. The van der Waals surface area contributed by atoms with Gasteiger partial charge in [-0.15, -0.1) is 12.8 Å². The third kappa shape index (κ3) is 9.24. The fourth-order valence-corrected chi connectivity index (χ4v) is 5.31. The highest BCUT2D eigenvalue weighted by molar-refractivity contribution is 5.51. The fraction of sp³-hybridized carbons (Fsp3) is 0.429. The summed E-state index contributed by atoms with van der Waals surface area (Å²) in [5, 5.41) is 9.25. The molecule has 1 unspecified atom stereocenters. The molecule has 40 heavy (non-hydrogen) atoms. The number of nitrogens with zero attached hydrogens (tertiary/aromatic N) is 2. The van der Waals surface area contributed by atoms with E-state index < -0.39 is 0 Å². The van der Waals surface area contributed by atoms with Crippen LogP contribution in [0.1, 0.15) is 49.8 Å². The fourth-order valence-electron chi connectivity index (χ4n) is 5.31. The van der Waals surface area contributed by atoms with Crippen LogP contribution in [0, 0.1) is 18.8 Å². The van der Waals surface area contributed by atoms with Crippen molar-refractivity contribution in [2.75, 3.05) is 38.7 Å². The van der Waals surface area contributed by atoms with Crippen LogP contribution in [-0.4, -0.2) is 49.9 Å². The average molecular weight is 543 g/mol. The number of aromatic hydroxyl groups is 1. The molecule has 5 nitrogen and oxygen atoms in total. The number of terminal acetylenes is 1. The quantitative estimate of drug-likeness (QED) is 0.327. The molecule has 2 aliphatic rings. The molecule has 1 aliphatic heterocycles. The SMILES string of the molecule is C#C.CC1CCc2cc(O)ccc2C1.CCN(Cc1ccc(OC2CCN(C)CC2)cc1)c1cccc(OC)c1. The van der Waals surface area contributed by atoms with Gasteiger partial charge in [0.1, 0.15) is 23.4 Å². The molecule has 0 amide bonds. The standard InChI is InChI=1S/C22H30N2O2.C11H14O.C2H2/c1-4-24(19-6-5-7-22(16-19)25-3)17-18-8-10-20(11-9-18)26-21-12-14-23(2)15-13-21;1-8-2-3-10-7-11(12)5-4-9(10)6-8;1-2/h5-11,16,21H,4,12-15,17H2,1-3H3;4-5,7-8,12H,2-3,6H2,1H3;1-2H. The van der Waals surface area contributed by atoms with Gasteiger partial charge in [-0.1, -0.05) is 31.2 Å². The van der Waals surface area contributed by atoms with Gasteiger partial charge in [0, 0.05) is 37.9 Å². The maximum Gasteiger partial charge on any atom is 0.120 e. The second-order valence-electron chi connectivity index (χ2n) is 10.8. The summed E-state index contributed by atoms with van der Waals surface area (Å²) in [4.78, 5) is 4.70. The number of aryl methyl sites for hydroxylation is 1. The Labute approximate surface area is 241 Å². The van der Waals surface area contributed by atoms with Crippen molar-refractivity contribution in [3.05, 3.63) is 83.4 Å². The van der Waals surface area contributed by atoms with Gasteiger partial charge >= 0.3 is 0 Å². The number of hydrogen-bond acceptors (Lipinski definition) is 5. The maximum absolute atomic E-state index is 9.25. The Bertz CT molecular complexity index is 1180. The number of benzene rings is 3. The van der Waals surface area contributed by atoms with Gasteiger partial charge in [0.25, 0.3) is 0 Å². The molecule has 3 aromatic rings. The molecule has 0 radical (unpaired) electrons. The van der Waals surface area contributed by atoms with Crippen LogP contribution in [0.15, 0.2) is 66.7 Å². The number of likely N-dealkylation sites (tertiary alicyclic amines) is 1. The highest BCUT2D eigenvalue weighted by atomic mass is 16.5. The Kier molecular flexibility index (Phi) is 12.2. The topological polar surface area (TPSA) is 45.2 Å². The molecule has 1 N–H and O–H groups in total. The molecule has 0 bridgehead atoms. The summed E-state index contributed by atoms with van der Waals surface area (Å²) in [6.45, 7) is 8.52. The Hall–Kier alpha value is -3.62. The lowest BCUT2D eigenvalue weighted by atomic mass is 9.85. The first-order valence-corrected chi connectivity index (χ1v) is 14.4. The number of anilines is 1. The lowest BCUT2D eigenvalue weighted by Gasteiger charge is -2.29. The van der Waals surface area contributed by atoms with E-state index in [-0.39, 0.29) is 0 Å². The number of hydrogen-bond donors (Lipinski definition) is 1. The number of piperidine rings is 1. The number of methoxy groups -OCH3 is 1. The Morgan fingerprint density at radius 3 is 2.33 bits per heavy atom. The highest BCUT2D eigenvalue weighted by Crippen LogP contribution is 2.28. The van der Waals surface area contributed by atoms with Crippen LogP contribution >= 0.6 is 0 Å². The maximum atomic E-state index is 9.25. The molecule has 1 heterocycles. The molecule has 1 atom stereocenters. The molecular formula is C35H46N2O3. The predicted octanol–water partition coefficient (Wildman–Crippen LogP) is 6.96. The van der Waals surface area contributed by atoms with Gasteiger partial charge in [-0.05, 0) is 105 Å². The van der Waals surface area contributed by atoms with E-state index in [0.29, 0.717) is 11.9 Å². The van der Waals surface area contributed by atoms with E-state index in [0.717, 1.165) is 62.9 Å². The largest absolute Gasteiger partial charge is 0.508 e. The minimum atomic E-state index is 0.348. The van der Waals surface area contributed by atoms with Gasteiger partial charge in [0.05, 0.1) is 7.11 Å². The van der Waals surface area contributed by atoms with Gasteiger partial charge in [0.15, 0.2) is 0 Å². The van der Waals surface area contributed by atoms with Crippen molar-refractivity contribution >= 4 is 5.69 Å². The summed E-state index contributed by atoms with van der Waals surface area (Å²) in [6, 6.07) is 22.5. The summed E-state index contributed by atoms with van der Waals surface area (Å²) in [5.41, 5.74) is 5.23. The van der Waals surface area contributed by atoms with Crippen LogP contribution in [0.25, 0.3) is 0 Å². The Balaban J connectivity index is 0.000000262. The number of ether oxygens (including phenoxy) is 2. The third-order valence-corrected chi connectivity index (χ3v) is 7.73. The highest BCUT2D eigenvalue weighted by Gasteiger charge is 2.18. The minimum absolute atomic E-state index is 0.348. The molecular weight excluding hydrogens is 496 g/mol. The number of phenolic OH excluding ortho intramolecular Hbond substituents is 1. The lowest BCUT2D eigenvalue weighted by Crippen LogP contribution is -2.35. The Morgan fingerprint density at radius 1 is 0.925 bits per heavy atom. The molecule has 0 aromatic heterocycles. The van der Waals surface area contributed by atoms with Gasteiger partial charge in [-0.2, -0.15) is 0 Å². The molecule has 0 spiro atoms. The van der Waals surface area contributed by atoms with Gasteiger partial charge in [-0.25, -0.2) is 0 Å². The summed E-state index contributed by atoms with van der Waals surface area (Å²) < 4.78 is 11.5. The van der Waals surface area contributed by atoms with Crippen LogP contribution in [-0.2, 0) is 19.4 Å².